The van der Waals surface area contributed by atoms with Gasteiger partial charge in [-0.1, -0.05) is 24.3 Å². The highest BCUT2D eigenvalue weighted by Crippen LogP contribution is 2.50. The molecule has 5 nitrogen and oxygen atoms in total. The second kappa shape index (κ2) is 8.27. The predicted octanol–water partition coefficient (Wildman–Crippen LogP) is 4.62. The van der Waals surface area contributed by atoms with Crippen molar-refractivity contribution in [3.8, 4) is 11.1 Å². The lowest BCUT2D eigenvalue weighted by atomic mass is 9.75. The van der Waals surface area contributed by atoms with Crippen molar-refractivity contribution in [2.24, 2.45) is 11.7 Å². The van der Waals surface area contributed by atoms with Crippen LogP contribution in [0.4, 0.5) is 10.1 Å². The Hall–Kier alpha value is -3.25. The van der Waals surface area contributed by atoms with Gasteiger partial charge in [-0.3, -0.25) is 9.59 Å². The van der Waals surface area contributed by atoms with Crippen molar-refractivity contribution in [3.05, 3.63) is 71.1 Å². The van der Waals surface area contributed by atoms with Gasteiger partial charge < -0.3 is 15.7 Å². The zero-order chi connectivity index (χ0) is 24.1. The summed E-state index contributed by atoms with van der Waals surface area (Å²) in [6, 6.07) is 8.36. The van der Waals surface area contributed by atoms with Gasteiger partial charge in [-0.15, -0.1) is 0 Å². The molecule has 0 saturated heterocycles. The maximum absolute atomic E-state index is 15.6. The number of aliphatic hydroxyl groups is 1. The highest BCUT2D eigenvalue weighted by molar-refractivity contribution is 6.02. The van der Waals surface area contributed by atoms with Crippen LogP contribution in [-0.2, 0) is 11.2 Å². The van der Waals surface area contributed by atoms with E-state index in [1.165, 1.54) is 17.0 Å². The van der Waals surface area contributed by atoms with E-state index in [1.54, 1.807) is 31.3 Å². The summed E-state index contributed by atoms with van der Waals surface area (Å²) in [5, 5.41) is 10.6. The van der Waals surface area contributed by atoms with Gasteiger partial charge in [0.1, 0.15) is 5.82 Å². The van der Waals surface area contributed by atoms with Gasteiger partial charge in [-0.25, -0.2) is 4.39 Å². The quantitative estimate of drug-likeness (QED) is 0.655. The van der Waals surface area contributed by atoms with Crippen LogP contribution in [0.3, 0.4) is 0 Å². The molecular formula is C27H29FN2O3. The van der Waals surface area contributed by atoms with E-state index in [1.807, 2.05) is 13.8 Å². The number of nitrogens with two attached hydrogens (primary N) is 1. The zero-order valence-electron chi connectivity index (χ0n) is 19.2. The molecule has 0 aromatic heterocycles. The fourth-order valence-electron chi connectivity index (χ4n) is 5.16. The van der Waals surface area contributed by atoms with E-state index >= 15 is 4.39 Å². The summed E-state index contributed by atoms with van der Waals surface area (Å²) < 4.78 is 15.6. The van der Waals surface area contributed by atoms with Crippen molar-refractivity contribution in [2.75, 3.05) is 11.9 Å². The fourth-order valence-corrected chi connectivity index (χ4v) is 5.16. The van der Waals surface area contributed by atoms with Crippen molar-refractivity contribution in [3.63, 3.8) is 0 Å². The fraction of sp³-hybridized carbons (Fsp3) is 0.333. The van der Waals surface area contributed by atoms with Crippen LogP contribution in [0.25, 0.3) is 16.7 Å². The maximum atomic E-state index is 15.6. The first-order chi connectivity index (χ1) is 15.5. The molecule has 2 aliphatic carbocycles. The number of halogens is 1. The number of nitrogens with zero attached hydrogens (tertiary/aromatic N) is 1. The van der Waals surface area contributed by atoms with Crippen LogP contribution in [0.1, 0.15) is 54.6 Å². The van der Waals surface area contributed by atoms with Crippen molar-refractivity contribution in [2.45, 2.75) is 45.1 Å². The minimum atomic E-state index is -0.815. The van der Waals surface area contributed by atoms with Crippen molar-refractivity contribution in [1.82, 2.24) is 0 Å². The monoisotopic (exact) mass is 448 g/mol. The Morgan fingerprint density at radius 2 is 2.00 bits per heavy atom. The van der Waals surface area contributed by atoms with E-state index in [4.69, 9.17) is 5.73 Å². The van der Waals surface area contributed by atoms with Gasteiger partial charge in [0, 0.05) is 23.9 Å². The van der Waals surface area contributed by atoms with Gasteiger partial charge in [0.15, 0.2) is 0 Å². The molecule has 4 rings (SSSR count). The highest BCUT2D eigenvalue weighted by atomic mass is 19.1. The number of primary amides is 1. The molecule has 6 heteroatoms. The van der Waals surface area contributed by atoms with Crippen molar-refractivity contribution < 1.29 is 19.1 Å². The lowest BCUT2D eigenvalue weighted by molar-refractivity contribution is -0.113. The summed E-state index contributed by atoms with van der Waals surface area (Å²) >= 11 is 0. The number of anilines is 1. The van der Waals surface area contributed by atoms with Gasteiger partial charge >= 0.3 is 0 Å². The summed E-state index contributed by atoms with van der Waals surface area (Å²) in [6.07, 6.45) is 3.92. The Labute approximate surface area is 193 Å². The Morgan fingerprint density at radius 3 is 2.64 bits per heavy atom. The minimum Gasteiger partial charge on any atom is -0.390 e. The van der Waals surface area contributed by atoms with Crippen LogP contribution < -0.4 is 10.6 Å². The number of carbonyl (C=O) groups is 2. The first-order valence-electron chi connectivity index (χ1n) is 11.1. The van der Waals surface area contributed by atoms with Gasteiger partial charge in [-0.05, 0) is 92.0 Å². The van der Waals surface area contributed by atoms with E-state index in [-0.39, 0.29) is 17.4 Å². The number of hydrogen-bond acceptors (Lipinski definition) is 3. The smallest absolute Gasteiger partial charge is 0.250 e. The summed E-state index contributed by atoms with van der Waals surface area (Å²) in [5.41, 5.74) is 10.3. The maximum Gasteiger partial charge on any atom is 0.250 e. The lowest BCUT2D eigenvalue weighted by Gasteiger charge is -2.33. The highest BCUT2D eigenvalue weighted by Gasteiger charge is 2.38. The van der Waals surface area contributed by atoms with Crippen LogP contribution in [-0.4, -0.2) is 29.6 Å². The van der Waals surface area contributed by atoms with E-state index in [0.29, 0.717) is 36.1 Å². The van der Waals surface area contributed by atoms with Crippen molar-refractivity contribution in [1.29, 1.82) is 0 Å². The second-order valence-electron chi connectivity index (χ2n) is 9.50. The van der Waals surface area contributed by atoms with E-state index < -0.39 is 17.3 Å². The molecule has 172 valence electrons. The van der Waals surface area contributed by atoms with Crippen LogP contribution in [0.5, 0.6) is 0 Å². The van der Waals surface area contributed by atoms with Gasteiger partial charge in [-0.2, -0.15) is 0 Å². The van der Waals surface area contributed by atoms with Crippen LogP contribution in [0, 0.1) is 11.7 Å². The molecule has 0 spiro atoms. The molecule has 2 amide bonds. The van der Waals surface area contributed by atoms with Crippen LogP contribution >= 0.6 is 0 Å². The Bertz CT molecular complexity index is 1210. The number of allylic oxidation sites excluding steroid dienone is 2. The number of likely N-dealkylation sites (N-methyl/N-ethyl adjacent to an activating group) is 1. The predicted molar refractivity (Wildman–Crippen MR) is 128 cm³/mol. The SMILES string of the molecule is C=CC(=O)N(C)c1cccc(-c2c(F)cc(C(N)=O)c3c2C2=C(C3)C[C@H](C(C)(C)O)CC2)c1. The molecule has 1 atom stereocenters. The van der Waals surface area contributed by atoms with Crippen LogP contribution in [0.15, 0.2) is 48.6 Å². The van der Waals surface area contributed by atoms with E-state index in [0.717, 1.165) is 28.7 Å². The van der Waals surface area contributed by atoms with Gasteiger partial charge in [0.05, 0.1) is 5.60 Å². The summed E-state index contributed by atoms with van der Waals surface area (Å²) in [4.78, 5) is 25.7. The molecule has 3 N–H and O–H groups in total. The number of rotatable bonds is 5. The Morgan fingerprint density at radius 1 is 1.27 bits per heavy atom. The molecule has 0 aliphatic heterocycles. The summed E-state index contributed by atoms with van der Waals surface area (Å²) in [6.45, 7) is 7.16. The number of hydrogen-bond donors (Lipinski definition) is 2. The molecule has 0 unspecified atom stereocenters. The van der Waals surface area contributed by atoms with Gasteiger partial charge in [0.2, 0.25) is 11.8 Å². The Balaban J connectivity index is 1.89. The molecule has 2 aliphatic rings. The second-order valence-corrected chi connectivity index (χ2v) is 9.50. The third-order valence-electron chi connectivity index (χ3n) is 7.03. The van der Waals surface area contributed by atoms with E-state index in [2.05, 4.69) is 6.58 Å². The number of fused-ring (bicyclic) bond motifs is 2. The van der Waals surface area contributed by atoms with Crippen LogP contribution in [0.2, 0.25) is 0 Å². The number of amides is 2. The lowest BCUT2D eigenvalue weighted by Crippen LogP contribution is -2.32. The third kappa shape index (κ3) is 4.00. The average Bonchev–Trinajstić information content (AvgIpc) is 3.15. The molecule has 0 saturated carbocycles. The average molecular weight is 449 g/mol. The first-order valence-corrected chi connectivity index (χ1v) is 11.1. The first kappa shape index (κ1) is 22.9. The molecular weight excluding hydrogens is 419 g/mol. The largest absolute Gasteiger partial charge is 0.390 e. The summed E-state index contributed by atoms with van der Waals surface area (Å²) in [5.74, 6) is -1.34. The molecule has 2 aromatic carbocycles. The molecule has 2 aromatic rings. The molecule has 0 heterocycles. The molecule has 0 bridgehead atoms. The topological polar surface area (TPSA) is 83.6 Å². The Kier molecular flexibility index (Phi) is 5.74. The number of benzene rings is 2. The molecule has 33 heavy (non-hydrogen) atoms. The van der Waals surface area contributed by atoms with Crippen molar-refractivity contribution >= 4 is 23.1 Å². The van der Waals surface area contributed by atoms with Gasteiger partial charge in [0.25, 0.3) is 0 Å². The number of carbonyl (C=O) groups excluding carboxylic acids is 2. The standard InChI is InChI=1S/C27H29FN2O3/c1-5-23(31)30(4)18-8-6-7-15(12-18)24-22(28)14-21(26(29)32)20-13-16-11-17(27(2,3)33)9-10-19(16)25(20)24/h5-8,12,14,17,33H,1,9-11,13H2,2-4H3,(H2,29,32)/t17-/m1/s1. The summed E-state index contributed by atoms with van der Waals surface area (Å²) in [7, 11) is 1.64. The zero-order valence-corrected chi connectivity index (χ0v) is 19.2. The molecule has 0 radical (unpaired) electrons. The molecule has 0 fully saturated rings. The normalized spacial score (nSPS) is 17.4. The third-order valence-corrected chi connectivity index (χ3v) is 7.03. The minimum absolute atomic E-state index is 0.0952. The van der Waals surface area contributed by atoms with E-state index in [9.17, 15) is 14.7 Å².